The number of phenolic OH excluding ortho intramolecular Hbond substituents is 1. The summed E-state index contributed by atoms with van der Waals surface area (Å²) in [5, 5.41) is 21.9. The van der Waals surface area contributed by atoms with E-state index in [9.17, 15) is 5.11 Å². The molecule has 0 saturated heterocycles. The summed E-state index contributed by atoms with van der Waals surface area (Å²) >= 11 is 5.31. The fourth-order valence-corrected chi connectivity index (χ4v) is 3.18. The molecule has 3 rings (SSSR count). The molecule has 0 aliphatic carbocycles. The molecule has 1 heterocycles. The van der Waals surface area contributed by atoms with Crippen LogP contribution in [0.25, 0.3) is 11.4 Å². The first-order chi connectivity index (χ1) is 14.1. The topological polar surface area (TPSA) is 78.7 Å². The number of H-pyrrole nitrogens is 1. The van der Waals surface area contributed by atoms with Crippen LogP contribution in [0, 0.1) is 4.77 Å². The van der Waals surface area contributed by atoms with Crippen molar-refractivity contribution >= 4 is 24.1 Å². The van der Waals surface area contributed by atoms with Crippen LogP contribution in [-0.4, -0.2) is 45.9 Å². The fraction of sp³-hybridized carbons (Fsp3) is 0.286. The molecular weight excluding hydrogens is 386 g/mol. The molecule has 152 valence electrons. The molecule has 0 bridgehead atoms. The number of aromatic amines is 1. The van der Waals surface area contributed by atoms with E-state index < -0.39 is 0 Å². The number of nitrogens with zero attached hydrogens (tertiary/aromatic N) is 4. The van der Waals surface area contributed by atoms with Gasteiger partial charge in [0.1, 0.15) is 11.5 Å². The maximum atomic E-state index is 10.4. The Balaban J connectivity index is 1.88. The predicted molar refractivity (Wildman–Crippen MR) is 119 cm³/mol. The zero-order valence-corrected chi connectivity index (χ0v) is 17.6. The van der Waals surface area contributed by atoms with Gasteiger partial charge in [0.25, 0.3) is 0 Å². The van der Waals surface area contributed by atoms with E-state index in [1.165, 1.54) is 4.68 Å². The van der Waals surface area contributed by atoms with Crippen molar-refractivity contribution in [2.45, 2.75) is 20.8 Å². The molecule has 0 spiro atoms. The summed E-state index contributed by atoms with van der Waals surface area (Å²) in [6.45, 7) is 8.46. The molecule has 7 nitrogen and oxygen atoms in total. The van der Waals surface area contributed by atoms with Gasteiger partial charge < -0.3 is 14.7 Å². The number of rotatable bonds is 8. The molecule has 0 saturated carbocycles. The smallest absolute Gasteiger partial charge is 0.216 e. The Labute approximate surface area is 175 Å². The Kier molecular flexibility index (Phi) is 6.66. The van der Waals surface area contributed by atoms with E-state index in [-0.39, 0.29) is 5.75 Å². The van der Waals surface area contributed by atoms with Crippen LogP contribution < -0.4 is 9.64 Å². The molecule has 0 fully saturated rings. The summed E-state index contributed by atoms with van der Waals surface area (Å²) in [5.74, 6) is 1.53. The van der Waals surface area contributed by atoms with E-state index in [1.54, 1.807) is 12.3 Å². The van der Waals surface area contributed by atoms with E-state index in [0.29, 0.717) is 22.8 Å². The number of aromatic nitrogens is 3. The lowest BCUT2D eigenvalue weighted by atomic mass is 10.2. The lowest BCUT2D eigenvalue weighted by Gasteiger charge is -2.21. The highest BCUT2D eigenvalue weighted by Crippen LogP contribution is 2.24. The molecule has 0 aliphatic heterocycles. The van der Waals surface area contributed by atoms with Crippen molar-refractivity contribution in [3.8, 4) is 22.9 Å². The number of phenols is 1. The van der Waals surface area contributed by atoms with Crippen LogP contribution in [0.1, 0.15) is 26.3 Å². The Bertz CT molecular complexity index is 1040. The molecule has 0 aliphatic rings. The molecule has 1 aromatic heterocycles. The normalized spacial score (nSPS) is 11.1. The minimum atomic E-state index is 0.163. The highest BCUT2D eigenvalue weighted by atomic mass is 32.1. The predicted octanol–water partition coefficient (Wildman–Crippen LogP) is 4.44. The van der Waals surface area contributed by atoms with E-state index >= 15 is 0 Å². The van der Waals surface area contributed by atoms with Crippen LogP contribution in [0.15, 0.2) is 47.6 Å². The second-order valence-electron chi connectivity index (χ2n) is 6.28. The van der Waals surface area contributed by atoms with Crippen LogP contribution in [0.3, 0.4) is 0 Å². The lowest BCUT2D eigenvalue weighted by molar-refractivity contribution is 0.340. The maximum Gasteiger partial charge on any atom is 0.216 e. The average molecular weight is 412 g/mol. The van der Waals surface area contributed by atoms with Gasteiger partial charge in [0.05, 0.1) is 12.8 Å². The monoisotopic (exact) mass is 411 g/mol. The van der Waals surface area contributed by atoms with Crippen molar-refractivity contribution in [2.75, 3.05) is 24.6 Å². The first-order valence-corrected chi connectivity index (χ1v) is 10.0. The van der Waals surface area contributed by atoms with Crippen molar-refractivity contribution in [1.82, 2.24) is 14.9 Å². The molecule has 29 heavy (non-hydrogen) atoms. The van der Waals surface area contributed by atoms with Gasteiger partial charge in [0.2, 0.25) is 4.77 Å². The van der Waals surface area contributed by atoms with Crippen molar-refractivity contribution in [2.24, 2.45) is 5.10 Å². The third kappa shape index (κ3) is 4.65. The van der Waals surface area contributed by atoms with E-state index in [2.05, 4.69) is 34.0 Å². The Morgan fingerprint density at radius 1 is 1.17 bits per heavy atom. The quantitative estimate of drug-likeness (QED) is 0.423. The van der Waals surface area contributed by atoms with E-state index in [1.807, 2.05) is 43.3 Å². The van der Waals surface area contributed by atoms with Crippen LogP contribution >= 0.6 is 12.2 Å². The first-order valence-electron chi connectivity index (χ1n) is 9.60. The number of benzene rings is 2. The standard InChI is InChI=1S/C21H25N5O2S/c1-4-25(5-2)17-10-7-16(19(27)13-17)14-22-26-20(23-24-21(26)29)15-8-11-18(12-9-15)28-6-3/h7-14,27H,4-6H2,1-3H3,(H,24,29). The van der Waals surface area contributed by atoms with Gasteiger partial charge in [0, 0.05) is 36.0 Å². The molecule has 0 atom stereocenters. The molecule has 2 aromatic carbocycles. The third-order valence-corrected chi connectivity index (χ3v) is 4.79. The van der Waals surface area contributed by atoms with Gasteiger partial charge in [0.15, 0.2) is 5.82 Å². The zero-order chi connectivity index (χ0) is 20.8. The Morgan fingerprint density at radius 2 is 1.90 bits per heavy atom. The zero-order valence-electron chi connectivity index (χ0n) is 16.8. The van der Waals surface area contributed by atoms with Crippen molar-refractivity contribution in [3.63, 3.8) is 0 Å². The molecule has 2 N–H and O–H groups in total. The highest BCUT2D eigenvalue weighted by molar-refractivity contribution is 7.71. The van der Waals surface area contributed by atoms with Crippen LogP contribution in [0.4, 0.5) is 5.69 Å². The number of anilines is 1. The fourth-order valence-electron chi connectivity index (χ4n) is 3.00. The third-order valence-electron chi connectivity index (χ3n) is 4.53. The molecule has 3 aromatic rings. The number of nitrogens with one attached hydrogen (secondary N) is 1. The minimum absolute atomic E-state index is 0.163. The average Bonchev–Trinajstić information content (AvgIpc) is 3.09. The van der Waals surface area contributed by atoms with E-state index in [0.717, 1.165) is 30.1 Å². The minimum Gasteiger partial charge on any atom is -0.507 e. The summed E-state index contributed by atoms with van der Waals surface area (Å²) in [6, 6.07) is 13.1. The Morgan fingerprint density at radius 3 is 2.52 bits per heavy atom. The number of hydrogen-bond acceptors (Lipinski definition) is 6. The molecular formula is C21H25N5O2S. The van der Waals surface area contributed by atoms with E-state index in [4.69, 9.17) is 17.0 Å². The first kappa shape index (κ1) is 20.6. The van der Waals surface area contributed by atoms with Crippen LogP contribution in [-0.2, 0) is 0 Å². The van der Waals surface area contributed by atoms with Crippen LogP contribution in [0.2, 0.25) is 0 Å². The summed E-state index contributed by atoms with van der Waals surface area (Å²) in [4.78, 5) is 2.16. The summed E-state index contributed by atoms with van der Waals surface area (Å²) in [5.41, 5.74) is 2.42. The van der Waals surface area contributed by atoms with Gasteiger partial charge >= 0.3 is 0 Å². The van der Waals surface area contributed by atoms with Crippen molar-refractivity contribution < 1.29 is 9.84 Å². The molecule has 0 amide bonds. The maximum absolute atomic E-state index is 10.4. The molecule has 0 radical (unpaired) electrons. The number of ether oxygens (including phenoxy) is 1. The summed E-state index contributed by atoms with van der Waals surface area (Å²) in [7, 11) is 0. The lowest BCUT2D eigenvalue weighted by Crippen LogP contribution is -2.21. The summed E-state index contributed by atoms with van der Waals surface area (Å²) in [6.07, 6.45) is 1.57. The second kappa shape index (κ2) is 9.38. The van der Waals surface area contributed by atoms with Gasteiger partial charge in [-0.2, -0.15) is 14.9 Å². The van der Waals surface area contributed by atoms with Crippen molar-refractivity contribution in [1.29, 1.82) is 0 Å². The number of hydrogen-bond donors (Lipinski definition) is 2. The SMILES string of the molecule is CCOc1ccc(-c2n[nH]c(=S)n2N=Cc2ccc(N(CC)CC)cc2O)cc1. The largest absolute Gasteiger partial charge is 0.507 e. The van der Waals surface area contributed by atoms with Gasteiger partial charge in [-0.3, -0.25) is 0 Å². The Hall–Kier alpha value is -3.13. The van der Waals surface area contributed by atoms with Gasteiger partial charge in [-0.1, -0.05) is 0 Å². The van der Waals surface area contributed by atoms with Crippen LogP contribution in [0.5, 0.6) is 11.5 Å². The second-order valence-corrected chi connectivity index (χ2v) is 6.67. The molecule has 8 heteroatoms. The summed E-state index contributed by atoms with van der Waals surface area (Å²) < 4.78 is 7.37. The highest BCUT2D eigenvalue weighted by Gasteiger charge is 2.09. The molecule has 0 unspecified atom stereocenters. The van der Waals surface area contributed by atoms with Gasteiger partial charge in [-0.15, -0.1) is 0 Å². The van der Waals surface area contributed by atoms with Gasteiger partial charge in [-0.25, -0.2) is 5.10 Å². The van der Waals surface area contributed by atoms with Crippen molar-refractivity contribution in [3.05, 3.63) is 52.8 Å². The number of aromatic hydroxyl groups is 1. The van der Waals surface area contributed by atoms with Gasteiger partial charge in [-0.05, 0) is 69.4 Å².